The van der Waals surface area contributed by atoms with Crippen LogP contribution >= 0.6 is 21.6 Å². The van der Waals surface area contributed by atoms with Crippen LogP contribution in [0.25, 0.3) is 0 Å². The topological polar surface area (TPSA) is 176 Å². The molecular formula is C55H83FN6O10S2. The molecule has 3 aliphatic heterocycles. The monoisotopic (exact) mass is 1070 g/mol. The summed E-state index contributed by atoms with van der Waals surface area (Å²) in [4.78, 5) is 89.9. The number of likely N-dealkylation sites (N-methyl/N-ethyl adjacent to an activating group) is 2. The number of carbonyl (C=O) groups excluding carboxylic acids is 6. The molecule has 0 saturated carbocycles. The maximum Gasteiger partial charge on any atom is 0.415 e. The third kappa shape index (κ3) is 14.9. The van der Waals surface area contributed by atoms with Crippen LogP contribution in [0.1, 0.15) is 111 Å². The standard InChI is InChI=1S/C55H83FN6O10S2/c1-14-34(6)49(45(69-12)28-46(63)61-25-18-21-42(61)50(70-13)36(8)51(64)57-37(9)35(7)39-19-16-15-17-20-39)59(10)53(66)47(32(2)3)58-52(65)48(33(4)5)60(11)54(67)71-29-38-22-23-44(41(56)27-38)72-55(68)62-26-24-40-30-73-74-31-43(40)62/h15-17,19-20,22-23,27,32-37,40,42-43,45,47-50H,14,18,21,24-26,28-31H2,1-13H3,(H,57,64)(H,58,65)/t34-,35+,36-,37+,40?,42+,43?,45+,47+,48+,49-,50+/m0/s1. The van der Waals surface area contributed by atoms with E-state index in [9.17, 15) is 28.8 Å². The summed E-state index contributed by atoms with van der Waals surface area (Å²) >= 11 is 0. The van der Waals surface area contributed by atoms with Crippen LogP contribution < -0.4 is 15.4 Å². The Bertz CT molecular complexity index is 2210. The van der Waals surface area contributed by atoms with Gasteiger partial charge in [0.05, 0.1) is 36.6 Å². The molecular weight excluding hydrogens is 988 g/mol. The highest BCUT2D eigenvalue weighted by Crippen LogP contribution is 2.41. The molecule has 12 atom stereocenters. The average Bonchev–Trinajstić information content (AvgIpc) is 4.05. The van der Waals surface area contributed by atoms with Crippen molar-refractivity contribution in [2.75, 3.05) is 52.9 Å². The van der Waals surface area contributed by atoms with Gasteiger partial charge in [0.25, 0.3) is 0 Å². The Balaban J connectivity index is 1.20. The largest absolute Gasteiger partial charge is 0.445 e. The van der Waals surface area contributed by atoms with Gasteiger partial charge in [-0.1, -0.05) is 120 Å². The smallest absolute Gasteiger partial charge is 0.415 e. The van der Waals surface area contributed by atoms with Gasteiger partial charge in [-0.05, 0) is 73.1 Å². The van der Waals surface area contributed by atoms with Gasteiger partial charge in [-0.2, -0.15) is 0 Å². The van der Waals surface area contributed by atoms with Crippen LogP contribution in [0.4, 0.5) is 14.0 Å². The van der Waals surface area contributed by atoms with Crippen molar-refractivity contribution < 1.29 is 52.1 Å². The second-order valence-electron chi connectivity index (χ2n) is 21.2. The van der Waals surface area contributed by atoms with E-state index >= 15 is 4.39 Å². The van der Waals surface area contributed by atoms with E-state index in [1.807, 2.05) is 71.9 Å². The number of fused-ring (bicyclic) bond motifs is 1. The normalized spacial score (nSPS) is 21.3. The molecule has 19 heteroatoms. The van der Waals surface area contributed by atoms with Gasteiger partial charge in [0.1, 0.15) is 18.7 Å². The van der Waals surface area contributed by atoms with Gasteiger partial charge in [0.2, 0.25) is 23.6 Å². The molecule has 0 spiro atoms. The lowest BCUT2D eigenvalue weighted by molar-refractivity contribution is -0.148. The first kappa shape index (κ1) is 60.3. The molecule has 2 N–H and O–H groups in total. The van der Waals surface area contributed by atoms with Crippen molar-refractivity contribution in [1.82, 2.24) is 30.2 Å². The lowest BCUT2D eigenvalue weighted by Crippen LogP contribution is -2.60. The van der Waals surface area contributed by atoms with Gasteiger partial charge < -0.3 is 44.3 Å². The highest BCUT2D eigenvalue weighted by atomic mass is 33.1. The van der Waals surface area contributed by atoms with Gasteiger partial charge in [-0.3, -0.25) is 24.1 Å². The molecule has 3 heterocycles. The first-order chi connectivity index (χ1) is 35.1. The van der Waals surface area contributed by atoms with E-state index in [0.717, 1.165) is 40.9 Å². The average molecular weight is 1070 g/mol. The molecule has 3 fully saturated rings. The van der Waals surface area contributed by atoms with Gasteiger partial charge >= 0.3 is 12.2 Å². The molecule has 2 aromatic rings. The fraction of sp³-hybridized carbons (Fsp3) is 0.673. The van der Waals surface area contributed by atoms with Crippen LogP contribution in [0, 0.1) is 35.4 Å². The predicted molar refractivity (Wildman–Crippen MR) is 288 cm³/mol. The van der Waals surface area contributed by atoms with Crippen LogP contribution in [0.3, 0.4) is 0 Å². The van der Waals surface area contributed by atoms with E-state index in [1.54, 1.807) is 64.3 Å². The number of carbonyl (C=O) groups is 6. The molecule has 3 aliphatic rings. The number of halogens is 1. The van der Waals surface area contributed by atoms with E-state index in [4.69, 9.17) is 18.9 Å². The summed E-state index contributed by atoms with van der Waals surface area (Å²) in [6.07, 6.45) is 0.199. The zero-order valence-electron chi connectivity index (χ0n) is 45.8. The molecule has 74 heavy (non-hydrogen) atoms. The SMILES string of the molecule is CC[C@H](C)[C@@H]([C@@H](CC(=O)N1CCC[C@@H]1[C@H](OC)[C@H](C)C(=O)N[C@H](C)[C@@H](C)c1ccccc1)OC)N(C)C(=O)[C@H](NC(=O)[C@@H](C(C)C)N(C)C(=O)OCc1ccc(OC(=O)N2CCC3CSSCC32)c(F)c1)C(C)C. The van der Waals surface area contributed by atoms with E-state index in [-0.39, 0.29) is 72.4 Å². The van der Waals surface area contributed by atoms with E-state index in [0.29, 0.717) is 37.4 Å². The van der Waals surface area contributed by atoms with E-state index < -0.39 is 66.1 Å². The second kappa shape index (κ2) is 28.0. The molecule has 0 bridgehead atoms. The summed E-state index contributed by atoms with van der Waals surface area (Å²) in [6.45, 7) is 17.8. The molecule has 0 aliphatic carbocycles. The van der Waals surface area contributed by atoms with Crippen molar-refractivity contribution in [2.24, 2.45) is 29.6 Å². The van der Waals surface area contributed by atoms with Gasteiger partial charge in [0.15, 0.2) is 11.6 Å². The van der Waals surface area contributed by atoms with Crippen molar-refractivity contribution in [1.29, 1.82) is 0 Å². The number of hydrogen-bond acceptors (Lipinski definition) is 12. The number of amides is 6. The number of likely N-dealkylation sites (tertiary alicyclic amines) is 2. The van der Waals surface area contributed by atoms with Gasteiger partial charge in [-0.25, -0.2) is 14.0 Å². The molecule has 2 aromatic carbocycles. The summed E-state index contributed by atoms with van der Waals surface area (Å²) in [6, 6.07) is 10.9. The lowest BCUT2D eigenvalue weighted by atomic mass is 9.89. The number of ether oxygens (including phenoxy) is 4. The maximum atomic E-state index is 15.3. The molecule has 0 aromatic heterocycles. The Hall–Kier alpha value is -4.59. The molecule has 2 unspecified atom stereocenters. The number of nitrogens with zero attached hydrogens (tertiary/aromatic N) is 4. The summed E-state index contributed by atoms with van der Waals surface area (Å²) in [5, 5.41) is 6.12. The van der Waals surface area contributed by atoms with Gasteiger partial charge in [0, 0.05) is 70.9 Å². The zero-order chi connectivity index (χ0) is 54.6. The Morgan fingerprint density at radius 1 is 0.811 bits per heavy atom. The highest BCUT2D eigenvalue weighted by molar-refractivity contribution is 8.76. The molecule has 16 nitrogen and oxygen atoms in total. The van der Waals surface area contributed by atoms with Crippen molar-refractivity contribution in [2.45, 2.75) is 155 Å². The zero-order valence-corrected chi connectivity index (χ0v) is 47.5. The van der Waals surface area contributed by atoms with Crippen molar-refractivity contribution >= 4 is 57.4 Å². The van der Waals surface area contributed by atoms with Crippen LogP contribution in [-0.4, -0.2) is 157 Å². The Kier molecular flexibility index (Phi) is 22.8. The fourth-order valence-electron chi connectivity index (χ4n) is 10.8. The molecule has 3 saturated heterocycles. The minimum absolute atomic E-state index is 0.0359. The Morgan fingerprint density at radius 2 is 1.50 bits per heavy atom. The summed E-state index contributed by atoms with van der Waals surface area (Å²) in [5.74, 6) is -1.51. The van der Waals surface area contributed by atoms with Crippen LogP contribution in [0.2, 0.25) is 0 Å². The number of methoxy groups -OCH3 is 2. The van der Waals surface area contributed by atoms with Crippen molar-refractivity contribution in [3.63, 3.8) is 0 Å². The first-order valence-electron chi connectivity index (χ1n) is 26.3. The number of rotatable bonds is 23. The van der Waals surface area contributed by atoms with Crippen molar-refractivity contribution in [3.05, 3.63) is 65.5 Å². The summed E-state index contributed by atoms with van der Waals surface area (Å²) in [7, 11) is 9.73. The molecule has 6 amide bonds. The Labute approximate surface area is 447 Å². The van der Waals surface area contributed by atoms with Crippen molar-refractivity contribution in [3.8, 4) is 5.75 Å². The van der Waals surface area contributed by atoms with Crippen LogP contribution in [0.5, 0.6) is 5.75 Å². The van der Waals surface area contributed by atoms with Gasteiger partial charge in [-0.15, -0.1) is 0 Å². The van der Waals surface area contributed by atoms with E-state index in [2.05, 4.69) is 17.6 Å². The number of benzene rings is 2. The van der Waals surface area contributed by atoms with Crippen LogP contribution in [0.15, 0.2) is 48.5 Å². The fourth-order valence-corrected chi connectivity index (χ4v) is 13.6. The number of hydrogen-bond donors (Lipinski definition) is 2. The minimum atomic E-state index is -1.05. The van der Waals surface area contributed by atoms with Crippen LogP contribution in [-0.2, 0) is 40.0 Å². The molecule has 5 rings (SSSR count). The third-order valence-corrected chi connectivity index (χ3v) is 18.1. The first-order valence-corrected chi connectivity index (χ1v) is 28.8. The molecule has 0 radical (unpaired) electrons. The van der Waals surface area contributed by atoms with E-state index in [1.165, 1.54) is 26.3 Å². The predicted octanol–water partition coefficient (Wildman–Crippen LogP) is 8.37. The summed E-state index contributed by atoms with van der Waals surface area (Å²) < 4.78 is 38.4. The third-order valence-electron chi connectivity index (χ3n) is 15.6. The minimum Gasteiger partial charge on any atom is -0.445 e. The second-order valence-corrected chi connectivity index (χ2v) is 23.7. The quantitative estimate of drug-likeness (QED) is 0.102. The highest BCUT2D eigenvalue weighted by Gasteiger charge is 2.44. The number of nitrogens with one attached hydrogen (secondary N) is 2. The Morgan fingerprint density at radius 3 is 2.12 bits per heavy atom. The maximum absolute atomic E-state index is 15.3. The lowest BCUT2D eigenvalue weighted by Gasteiger charge is -2.41. The summed E-state index contributed by atoms with van der Waals surface area (Å²) in [5.41, 5.74) is 1.43. The molecule has 412 valence electrons.